The summed E-state index contributed by atoms with van der Waals surface area (Å²) < 4.78 is 36.6. The molecule has 1 aromatic rings. The Morgan fingerprint density at radius 3 is 2.94 bits per heavy atom. The zero-order valence-corrected chi connectivity index (χ0v) is 9.13. The molecule has 0 aromatic carbocycles. The van der Waals surface area contributed by atoms with Gasteiger partial charge in [-0.25, -0.2) is 0 Å². The Kier molecular flexibility index (Phi) is 3.17. The van der Waals surface area contributed by atoms with E-state index in [4.69, 9.17) is 0 Å². The number of aromatic nitrogens is 1. The number of hydrogen-bond acceptors (Lipinski definition) is 2. The van der Waals surface area contributed by atoms with E-state index >= 15 is 0 Å². The molecule has 1 unspecified atom stereocenters. The average molecular weight is 243 g/mol. The third kappa shape index (κ3) is 2.84. The third-order valence-electron chi connectivity index (χ3n) is 2.96. The maximum absolute atomic E-state index is 12.2. The van der Waals surface area contributed by atoms with Crippen LogP contribution in [-0.4, -0.2) is 16.9 Å². The van der Waals surface area contributed by atoms with Crippen molar-refractivity contribution in [2.24, 2.45) is 0 Å². The third-order valence-corrected chi connectivity index (χ3v) is 2.96. The summed E-state index contributed by atoms with van der Waals surface area (Å²) >= 11 is 0. The van der Waals surface area contributed by atoms with Crippen LogP contribution in [0.5, 0.6) is 0 Å². The average Bonchev–Trinajstić information content (AvgIpc) is 2.26. The molecule has 0 amide bonds. The lowest BCUT2D eigenvalue weighted by Crippen LogP contribution is -2.24. The molecule has 1 aliphatic carbocycles. The molecule has 0 fully saturated rings. The van der Waals surface area contributed by atoms with Crippen molar-refractivity contribution in [3.63, 3.8) is 0 Å². The smallest absolute Gasteiger partial charge is 0.299 e. The molecule has 1 aromatic heterocycles. The number of pyridine rings is 1. The standard InChI is InChI=1S/C12H12F3NO/c13-12(14,15)7-10(17)9-5-1-3-8-4-2-6-16-11(8)9/h2,4,6,9H,1,3,5,7H2. The Bertz CT molecular complexity index is 428. The number of rotatable bonds is 2. The van der Waals surface area contributed by atoms with Gasteiger partial charge in [0.15, 0.2) is 5.78 Å². The molecule has 0 aliphatic heterocycles. The number of Topliss-reactive ketones (excluding diaryl/α,β-unsaturated/α-hetero) is 1. The molecule has 17 heavy (non-hydrogen) atoms. The van der Waals surface area contributed by atoms with Gasteiger partial charge in [0.25, 0.3) is 0 Å². The summed E-state index contributed by atoms with van der Waals surface area (Å²) in [5, 5.41) is 0. The van der Waals surface area contributed by atoms with Crippen molar-refractivity contribution in [3.8, 4) is 0 Å². The van der Waals surface area contributed by atoms with Crippen LogP contribution < -0.4 is 0 Å². The van der Waals surface area contributed by atoms with Gasteiger partial charge in [-0.05, 0) is 30.9 Å². The number of aryl methyl sites for hydroxylation is 1. The van der Waals surface area contributed by atoms with E-state index in [0.717, 1.165) is 18.4 Å². The molecular formula is C12H12F3NO. The minimum absolute atomic E-state index is 0.471. The molecule has 0 saturated heterocycles. The van der Waals surface area contributed by atoms with Gasteiger partial charge < -0.3 is 0 Å². The van der Waals surface area contributed by atoms with Crippen molar-refractivity contribution in [1.29, 1.82) is 0 Å². The van der Waals surface area contributed by atoms with Crippen molar-refractivity contribution in [2.75, 3.05) is 0 Å². The van der Waals surface area contributed by atoms with Crippen LogP contribution >= 0.6 is 0 Å². The van der Waals surface area contributed by atoms with E-state index < -0.39 is 24.3 Å². The normalized spacial score (nSPS) is 19.8. The first-order valence-electron chi connectivity index (χ1n) is 5.50. The van der Waals surface area contributed by atoms with Crippen LogP contribution in [-0.2, 0) is 11.2 Å². The Labute approximate surface area is 96.9 Å². The van der Waals surface area contributed by atoms with E-state index in [1.54, 1.807) is 6.07 Å². The summed E-state index contributed by atoms with van der Waals surface area (Å²) in [6.07, 6.45) is -2.25. The second-order valence-corrected chi connectivity index (χ2v) is 4.25. The summed E-state index contributed by atoms with van der Waals surface area (Å²) in [6.45, 7) is 0. The van der Waals surface area contributed by atoms with E-state index in [9.17, 15) is 18.0 Å². The molecule has 1 atom stereocenters. The molecule has 92 valence electrons. The van der Waals surface area contributed by atoms with Crippen LogP contribution in [0.25, 0.3) is 0 Å². The zero-order valence-electron chi connectivity index (χ0n) is 9.13. The number of fused-ring (bicyclic) bond motifs is 1. The predicted molar refractivity (Wildman–Crippen MR) is 55.6 cm³/mol. The van der Waals surface area contributed by atoms with Crippen LogP contribution in [0, 0.1) is 0 Å². The number of alkyl halides is 3. The van der Waals surface area contributed by atoms with E-state index in [1.807, 2.05) is 6.07 Å². The van der Waals surface area contributed by atoms with Crippen LogP contribution in [0.2, 0.25) is 0 Å². The second kappa shape index (κ2) is 4.47. The van der Waals surface area contributed by atoms with Gasteiger partial charge in [0.1, 0.15) is 6.42 Å². The summed E-state index contributed by atoms with van der Waals surface area (Å²) in [5.41, 5.74) is 1.44. The number of hydrogen-bond donors (Lipinski definition) is 0. The summed E-state index contributed by atoms with van der Waals surface area (Å²) in [6, 6.07) is 3.57. The van der Waals surface area contributed by atoms with E-state index in [1.165, 1.54) is 6.20 Å². The second-order valence-electron chi connectivity index (χ2n) is 4.25. The first-order valence-corrected chi connectivity index (χ1v) is 5.50. The van der Waals surface area contributed by atoms with Gasteiger partial charge in [0.05, 0.1) is 11.6 Å². The molecule has 0 spiro atoms. The highest BCUT2D eigenvalue weighted by Crippen LogP contribution is 2.33. The molecule has 2 nitrogen and oxygen atoms in total. The highest BCUT2D eigenvalue weighted by atomic mass is 19.4. The van der Waals surface area contributed by atoms with E-state index in [2.05, 4.69) is 4.98 Å². The Balaban J connectivity index is 2.21. The van der Waals surface area contributed by atoms with Crippen molar-refractivity contribution < 1.29 is 18.0 Å². The first kappa shape index (κ1) is 12.1. The SMILES string of the molecule is O=C(CC(F)(F)F)C1CCCc2cccnc21. The first-order chi connectivity index (χ1) is 7.97. The highest BCUT2D eigenvalue weighted by molar-refractivity contribution is 5.86. The topological polar surface area (TPSA) is 30.0 Å². The fourth-order valence-corrected chi connectivity index (χ4v) is 2.24. The number of carbonyl (C=O) groups excluding carboxylic acids is 1. The van der Waals surface area contributed by atoms with Crippen LogP contribution in [0.1, 0.15) is 36.4 Å². The van der Waals surface area contributed by atoms with Crippen LogP contribution in [0.3, 0.4) is 0 Å². The molecule has 0 bridgehead atoms. The summed E-state index contributed by atoms with van der Waals surface area (Å²) in [7, 11) is 0. The molecule has 0 radical (unpaired) electrons. The fourth-order valence-electron chi connectivity index (χ4n) is 2.24. The van der Waals surface area contributed by atoms with Crippen molar-refractivity contribution in [2.45, 2.75) is 37.8 Å². The Morgan fingerprint density at radius 2 is 2.24 bits per heavy atom. The lowest BCUT2D eigenvalue weighted by Gasteiger charge is -2.23. The lowest BCUT2D eigenvalue weighted by atomic mass is 9.83. The quantitative estimate of drug-likeness (QED) is 0.799. The van der Waals surface area contributed by atoms with Crippen molar-refractivity contribution in [3.05, 3.63) is 29.6 Å². The van der Waals surface area contributed by atoms with Gasteiger partial charge >= 0.3 is 6.18 Å². The molecule has 5 heteroatoms. The molecule has 0 N–H and O–H groups in total. The minimum atomic E-state index is -4.43. The van der Waals surface area contributed by atoms with Gasteiger partial charge in [0.2, 0.25) is 0 Å². The maximum Gasteiger partial charge on any atom is 0.395 e. The van der Waals surface area contributed by atoms with Gasteiger partial charge in [-0.3, -0.25) is 9.78 Å². The van der Waals surface area contributed by atoms with Gasteiger partial charge in [-0.2, -0.15) is 13.2 Å². The molecule has 0 saturated carbocycles. The largest absolute Gasteiger partial charge is 0.395 e. The number of carbonyl (C=O) groups is 1. The Hall–Kier alpha value is -1.39. The zero-order chi connectivity index (χ0) is 12.5. The van der Waals surface area contributed by atoms with E-state index in [0.29, 0.717) is 12.1 Å². The Morgan fingerprint density at radius 1 is 1.47 bits per heavy atom. The summed E-state index contributed by atoms with van der Waals surface area (Å²) in [5.74, 6) is -1.45. The number of halogens is 3. The van der Waals surface area contributed by atoms with Crippen LogP contribution in [0.15, 0.2) is 18.3 Å². The van der Waals surface area contributed by atoms with Gasteiger partial charge in [-0.1, -0.05) is 6.07 Å². The van der Waals surface area contributed by atoms with Gasteiger partial charge in [-0.15, -0.1) is 0 Å². The summed E-state index contributed by atoms with van der Waals surface area (Å²) in [4.78, 5) is 15.7. The van der Waals surface area contributed by atoms with Crippen LogP contribution in [0.4, 0.5) is 13.2 Å². The van der Waals surface area contributed by atoms with Gasteiger partial charge in [0, 0.05) is 6.20 Å². The van der Waals surface area contributed by atoms with Crippen molar-refractivity contribution in [1.82, 2.24) is 4.98 Å². The molecular weight excluding hydrogens is 231 g/mol. The number of nitrogens with zero attached hydrogens (tertiary/aromatic N) is 1. The monoisotopic (exact) mass is 243 g/mol. The van der Waals surface area contributed by atoms with E-state index in [-0.39, 0.29) is 0 Å². The maximum atomic E-state index is 12.2. The lowest BCUT2D eigenvalue weighted by molar-refractivity contribution is -0.153. The molecule has 2 rings (SSSR count). The molecule has 1 heterocycles. The minimum Gasteiger partial charge on any atom is -0.299 e. The van der Waals surface area contributed by atoms with Crippen molar-refractivity contribution >= 4 is 5.78 Å². The number of ketones is 1. The highest BCUT2D eigenvalue weighted by Gasteiger charge is 2.36. The molecule has 1 aliphatic rings. The predicted octanol–water partition coefficient (Wildman–Crippen LogP) is 3.02. The fraction of sp³-hybridized carbons (Fsp3) is 0.500.